The zero-order valence-corrected chi connectivity index (χ0v) is 10.5. The van der Waals surface area contributed by atoms with Crippen LogP contribution in [-0.4, -0.2) is 4.98 Å². The van der Waals surface area contributed by atoms with Gasteiger partial charge in [0.2, 0.25) is 0 Å². The lowest BCUT2D eigenvalue weighted by Gasteiger charge is -2.09. The van der Waals surface area contributed by atoms with E-state index in [-0.39, 0.29) is 5.82 Å². The Kier molecular flexibility index (Phi) is 2.88. The lowest BCUT2D eigenvalue weighted by molar-refractivity contribution is 0.629. The fourth-order valence-corrected chi connectivity index (χ4v) is 2.02. The largest absolute Gasteiger partial charge is 0.355 e. The summed E-state index contributed by atoms with van der Waals surface area (Å²) in [7, 11) is 0. The van der Waals surface area contributed by atoms with Gasteiger partial charge in [0.1, 0.15) is 5.82 Å². The van der Waals surface area contributed by atoms with Crippen molar-refractivity contribution in [3.05, 3.63) is 66.1 Å². The minimum Gasteiger partial charge on any atom is -0.355 e. The third-order valence-corrected chi connectivity index (χ3v) is 3.04. The quantitative estimate of drug-likeness (QED) is 0.730. The van der Waals surface area contributed by atoms with Gasteiger partial charge in [-0.05, 0) is 37.3 Å². The van der Waals surface area contributed by atoms with Gasteiger partial charge in [0.05, 0.1) is 5.52 Å². The highest BCUT2D eigenvalue weighted by molar-refractivity contribution is 5.92. The summed E-state index contributed by atoms with van der Waals surface area (Å²) in [5, 5.41) is 4.24. The maximum absolute atomic E-state index is 13.2. The third kappa shape index (κ3) is 2.40. The highest BCUT2D eigenvalue weighted by Gasteiger charge is 2.03. The van der Waals surface area contributed by atoms with E-state index in [1.807, 2.05) is 37.3 Å². The number of aromatic nitrogens is 1. The van der Waals surface area contributed by atoms with Crippen molar-refractivity contribution in [1.82, 2.24) is 4.98 Å². The molecular formula is C16H13FN2. The molecule has 1 N–H and O–H groups in total. The molecule has 0 radical (unpaired) electrons. The Balaban J connectivity index is 2.03. The van der Waals surface area contributed by atoms with Gasteiger partial charge in [0, 0.05) is 29.0 Å². The first kappa shape index (κ1) is 11.7. The molecule has 0 saturated heterocycles. The monoisotopic (exact) mass is 252 g/mol. The molecule has 3 rings (SSSR count). The van der Waals surface area contributed by atoms with E-state index < -0.39 is 0 Å². The van der Waals surface area contributed by atoms with E-state index in [0.29, 0.717) is 5.52 Å². The van der Waals surface area contributed by atoms with Gasteiger partial charge < -0.3 is 5.32 Å². The highest BCUT2D eigenvalue weighted by Crippen LogP contribution is 2.25. The van der Waals surface area contributed by atoms with Crippen LogP contribution < -0.4 is 5.32 Å². The zero-order chi connectivity index (χ0) is 13.2. The second-order valence-electron chi connectivity index (χ2n) is 4.51. The van der Waals surface area contributed by atoms with E-state index in [0.717, 1.165) is 16.8 Å². The van der Waals surface area contributed by atoms with E-state index in [1.54, 1.807) is 12.3 Å². The summed E-state index contributed by atoms with van der Waals surface area (Å²) in [6, 6.07) is 14.7. The number of nitrogens with zero attached hydrogens (tertiary/aromatic N) is 1. The van der Waals surface area contributed by atoms with Crippen molar-refractivity contribution in [2.24, 2.45) is 0 Å². The summed E-state index contributed by atoms with van der Waals surface area (Å²) >= 11 is 0. The van der Waals surface area contributed by atoms with Crippen LogP contribution in [0.15, 0.2) is 54.7 Å². The molecule has 0 bridgehead atoms. The molecule has 94 valence electrons. The molecule has 0 saturated carbocycles. The molecule has 0 aliphatic rings. The fraction of sp³-hybridized carbons (Fsp3) is 0.0625. The Hall–Kier alpha value is -2.42. The fourth-order valence-electron chi connectivity index (χ4n) is 2.02. The summed E-state index contributed by atoms with van der Waals surface area (Å²) in [4.78, 5) is 4.18. The molecule has 1 heterocycles. The Morgan fingerprint density at radius 1 is 1.00 bits per heavy atom. The number of anilines is 2. The Morgan fingerprint density at radius 3 is 2.58 bits per heavy atom. The van der Waals surface area contributed by atoms with E-state index in [4.69, 9.17) is 0 Å². The minimum atomic E-state index is -0.271. The number of fused-ring (bicyclic) bond motifs is 1. The van der Waals surface area contributed by atoms with Gasteiger partial charge in [-0.3, -0.25) is 4.98 Å². The van der Waals surface area contributed by atoms with Crippen LogP contribution in [0.5, 0.6) is 0 Å². The van der Waals surface area contributed by atoms with Crippen molar-refractivity contribution in [2.45, 2.75) is 6.92 Å². The van der Waals surface area contributed by atoms with E-state index in [1.165, 1.54) is 17.7 Å². The average molecular weight is 252 g/mol. The van der Waals surface area contributed by atoms with Crippen LogP contribution >= 0.6 is 0 Å². The van der Waals surface area contributed by atoms with Crippen LogP contribution in [0.2, 0.25) is 0 Å². The molecule has 0 amide bonds. The number of rotatable bonds is 2. The van der Waals surface area contributed by atoms with Crippen molar-refractivity contribution in [3.8, 4) is 0 Å². The molecule has 2 aromatic carbocycles. The normalized spacial score (nSPS) is 10.6. The van der Waals surface area contributed by atoms with Crippen molar-refractivity contribution < 1.29 is 4.39 Å². The SMILES string of the molecule is Cc1ccc(Nc2ccnc3cc(F)ccc23)cc1. The number of benzene rings is 2. The molecule has 19 heavy (non-hydrogen) atoms. The number of hydrogen-bond acceptors (Lipinski definition) is 2. The van der Waals surface area contributed by atoms with Crippen LogP contribution in [0.3, 0.4) is 0 Å². The molecule has 0 aliphatic carbocycles. The van der Waals surface area contributed by atoms with Crippen molar-refractivity contribution >= 4 is 22.3 Å². The molecule has 1 aromatic heterocycles. The topological polar surface area (TPSA) is 24.9 Å². The maximum Gasteiger partial charge on any atom is 0.125 e. The second-order valence-corrected chi connectivity index (χ2v) is 4.51. The summed E-state index contributed by atoms with van der Waals surface area (Å²) in [5.41, 5.74) is 3.79. The van der Waals surface area contributed by atoms with Crippen LogP contribution in [0.25, 0.3) is 10.9 Å². The standard InChI is InChI=1S/C16H13FN2/c1-11-2-5-13(6-3-11)19-15-8-9-18-16-10-12(17)4-7-14(15)16/h2-10H,1H3,(H,18,19). The average Bonchev–Trinajstić information content (AvgIpc) is 2.41. The van der Waals surface area contributed by atoms with Gasteiger partial charge in [-0.15, -0.1) is 0 Å². The molecule has 0 spiro atoms. The first-order valence-corrected chi connectivity index (χ1v) is 6.10. The van der Waals surface area contributed by atoms with Crippen LogP contribution in [0, 0.1) is 12.7 Å². The molecular weight excluding hydrogens is 239 g/mol. The smallest absolute Gasteiger partial charge is 0.125 e. The van der Waals surface area contributed by atoms with Crippen LogP contribution in [-0.2, 0) is 0 Å². The van der Waals surface area contributed by atoms with Gasteiger partial charge in [-0.25, -0.2) is 4.39 Å². The highest BCUT2D eigenvalue weighted by atomic mass is 19.1. The first-order chi connectivity index (χ1) is 9.22. The summed E-state index contributed by atoms with van der Waals surface area (Å²) in [6.07, 6.45) is 1.68. The minimum absolute atomic E-state index is 0.271. The molecule has 3 aromatic rings. The van der Waals surface area contributed by atoms with E-state index in [9.17, 15) is 4.39 Å². The molecule has 0 aliphatic heterocycles. The predicted octanol–water partition coefficient (Wildman–Crippen LogP) is 4.43. The second kappa shape index (κ2) is 4.69. The van der Waals surface area contributed by atoms with Gasteiger partial charge in [-0.2, -0.15) is 0 Å². The lowest BCUT2D eigenvalue weighted by Crippen LogP contribution is -1.93. The summed E-state index contributed by atoms with van der Waals surface area (Å²) < 4.78 is 13.2. The molecule has 0 atom stereocenters. The number of aryl methyl sites for hydroxylation is 1. The van der Waals surface area contributed by atoms with E-state index >= 15 is 0 Å². The summed E-state index contributed by atoms with van der Waals surface area (Å²) in [6.45, 7) is 2.05. The Bertz CT molecular complexity index is 720. The number of nitrogens with one attached hydrogen (secondary N) is 1. The predicted molar refractivity (Wildman–Crippen MR) is 76.2 cm³/mol. The van der Waals surface area contributed by atoms with Gasteiger partial charge in [0.15, 0.2) is 0 Å². The summed E-state index contributed by atoms with van der Waals surface area (Å²) in [5.74, 6) is -0.271. The zero-order valence-electron chi connectivity index (χ0n) is 10.5. The van der Waals surface area contributed by atoms with Crippen LogP contribution in [0.1, 0.15) is 5.56 Å². The Morgan fingerprint density at radius 2 is 1.79 bits per heavy atom. The molecule has 3 heteroatoms. The lowest BCUT2D eigenvalue weighted by atomic mass is 10.1. The Labute approximate surface area is 110 Å². The maximum atomic E-state index is 13.2. The van der Waals surface area contributed by atoms with Gasteiger partial charge in [-0.1, -0.05) is 17.7 Å². The van der Waals surface area contributed by atoms with Gasteiger partial charge in [0.25, 0.3) is 0 Å². The molecule has 0 unspecified atom stereocenters. The van der Waals surface area contributed by atoms with Crippen molar-refractivity contribution in [1.29, 1.82) is 0 Å². The molecule has 0 fully saturated rings. The number of hydrogen-bond donors (Lipinski definition) is 1. The molecule has 2 nitrogen and oxygen atoms in total. The van der Waals surface area contributed by atoms with Crippen molar-refractivity contribution in [3.63, 3.8) is 0 Å². The number of halogens is 1. The van der Waals surface area contributed by atoms with Gasteiger partial charge >= 0.3 is 0 Å². The first-order valence-electron chi connectivity index (χ1n) is 6.10. The third-order valence-electron chi connectivity index (χ3n) is 3.04. The number of pyridine rings is 1. The van der Waals surface area contributed by atoms with Crippen molar-refractivity contribution in [2.75, 3.05) is 5.32 Å². The van der Waals surface area contributed by atoms with E-state index in [2.05, 4.69) is 10.3 Å². The van der Waals surface area contributed by atoms with Crippen LogP contribution in [0.4, 0.5) is 15.8 Å².